The van der Waals surface area contributed by atoms with E-state index in [1.54, 1.807) is 0 Å². The van der Waals surface area contributed by atoms with Gasteiger partial charge in [-0.1, -0.05) is 6.92 Å². The van der Waals surface area contributed by atoms with Crippen molar-refractivity contribution >= 4 is 5.97 Å². The van der Waals surface area contributed by atoms with Gasteiger partial charge in [0.1, 0.15) is 6.04 Å². The van der Waals surface area contributed by atoms with E-state index in [0.29, 0.717) is 12.5 Å². The number of carboxylic acid groups (broad SMARTS) is 1. The van der Waals surface area contributed by atoms with E-state index in [0.717, 1.165) is 38.5 Å². The number of hydrogen-bond acceptors (Lipinski definition) is 3. The predicted octanol–water partition coefficient (Wildman–Crippen LogP) is 1.74. The summed E-state index contributed by atoms with van der Waals surface area (Å²) in [6, 6.07) is 0.101. The monoisotopic (exact) mass is 241 g/mol. The Balaban J connectivity index is 2.01. The standard InChI is InChI=1S/C13H23NO3/c1-2-12(13(15)16)14(9-10-3-4-10)11-5-7-17-8-6-11/h10-12H,2-9H2,1H3,(H,15,16). The van der Waals surface area contributed by atoms with Crippen LogP contribution in [0.15, 0.2) is 0 Å². The minimum Gasteiger partial charge on any atom is -0.480 e. The van der Waals surface area contributed by atoms with Crippen molar-refractivity contribution in [2.45, 2.75) is 51.1 Å². The number of rotatable bonds is 6. The fourth-order valence-corrected chi connectivity index (χ4v) is 2.70. The van der Waals surface area contributed by atoms with Crippen LogP contribution in [0.2, 0.25) is 0 Å². The average Bonchev–Trinajstić information content (AvgIpc) is 3.13. The second kappa shape index (κ2) is 5.83. The quantitative estimate of drug-likeness (QED) is 0.769. The summed E-state index contributed by atoms with van der Waals surface area (Å²) < 4.78 is 5.37. The molecule has 1 aliphatic carbocycles. The molecule has 1 heterocycles. The Hall–Kier alpha value is -0.610. The van der Waals surface area contributed by atoms with Gasteiger partial charge in [0.25, 0.3) is 0 Å². The van der Waals surface area contributed by atoms with Crippen LogP contribution in [0.3, 0.4) is 0 Å². The van der Waals surface area contributed by atoms with Gasteiger partial charge in [-0.25, -0.2) is 0 Å². The van der Waals surface area contributed by atoms with E-state index >= 15 is 0 Å². The van der Waals surface area contributed by atoms with Gasteiger partial charge >= 0.3 is 5.97 Å². The fraction of sp³-hybridized carbons (Fsp3) is 0.923. The van der Waals surface area contributed by atoms with Crippen molar-refractivity contribution in [3.63, 3.8) is 0 Å². The van der Waals surface area contributed by atoms with Gasteiger partial charge < -0.3 is 9.84 Å². The number of aliphatic carboxylic acids is 1. The summed E-state index contributed by atoms with van der Waals surface area (Å²) in [5.41, 5.74) is 0. The highest BCUT2D eigenvalue weighted by Gasteiger charge is 2.35. The molecule has 1 atom stereocenters. The van der Waals surface area contributed by atoms with Crippen LogP contribution in [0.4, 0.5) is 0 Å². The third-order valence-electron chi connectivity index (χ3n) is 3.90. The van der Waals surface area contributed by atoms with Gasteiger partial charge in [-0.15, -0.1) is 0 Å². The van der Waals surface area contributed by atoms with Gasteiger partial charge in [0.15, 0.2) is 0 Å². The smallest absolute Gasteiger partial charge is 0.320 e. The number of nitrogens with zero attached hydrogens (tertiary/aromatic N) is 1. The van der Waals surface area contributed by atoms with E-state index in [9.17, 15) is 9.90 Å². The van der Waals surface area contributed by atoms with Crippen molar-refractivity contribution in [2.24, 2.45) is 5.92 Å². The molecule has 0 spiro atoms. The molecule has 2 rings (SSSR count). The van der Waals surface area contributed by atoms with Crippen LogP contribution in [0.1, 0.15) is 39.0 Å². The largest absolute Gasteiger partial charge is 0.480 e. The Morgan fingerprint density at radius 1 is 1.35 bits per heavy atom. The first-order chi connectivity index (χ1) is 8.22. The zero-order valence-electron chi connectivity index (χ0n) is 10.6. The molecule has 4 nitrogen and oxygen atoms in total. The molecule has 1 aliphatic heterocycles. The molecule has 0 aromatic heterocycles. The minimum atomic E-state index is -0.667. The molecule has 0 amide bonds. The lowest BCUT2D eigenvalue weighted by atomic mass is 10.0. The molecule has 2 fully saturated rings. The SMILES string of the molecule is CCC(C(=O)O)N(CC1CC1)C1CCOCC1. The summed E-state index contributed by atoms with van der Waals surface area (Å²) in [5, 5.41) is 9.33. The molecular formula is C13H23NO3. The zero-order chi connectivity index (χ0) is 12.3. The first-order valence-electron chi connectivity index (χ1n) is 6.78. The van der Waals surface area contributed by atoms with Crippen molar-refractivity contribution in [2.75, 3.05) is 19.8 Å². The van der Waals surface area contributed by atoms with Crippen molar-refractivity contribution in [3.05, 3.63) is 0 Å². The molecule has 0 bridgehead atoms. The normalized spacial score (nSPS) is 23.9. The maximum Gasteiger partial charge on any atom is 0.320 e. The molecule has 17 heavy (non-hydrogen) atoms. The highest BCUT2D eigenvalue weighted by atomic mass is 16.5. The zero-order valence-corrected chi connectivity index (χ0v) is 10.6. The predicted molar refractivity (Wildman–Crippen MR) is 65.0 cm³/mol. The van der Waals surface area contributed by atoms with Gasteiger partial charge in [-0.3, -0.25) is 9.69 Å². The van der Waals surface area contributed by atoms with Crippen LogP contribution in [0, 0.1) is 5.92 Å². The lowest BCUT2D eigenvalue weighted by Gasteiger charge is -2.37. The van der Waals surface area contributed by atoms with Crippen LogP contribution in [0.25, 0.3) is 0 Å². The highest BCUT2D eigenvalue weighted by Crippen LogP contribution is 2.32. The van der Waals surface area contributed by atoms with Crippen molar-refractivity contribution < 1.29 is 14.6 Å². The van der Waals surface area contributed by atoms with E-state index < -0.39 is 5.97 Å². The topological polar surface area (TPSA) is 49.8 Å². The molecule has 0 aromatic rings. The lowest BCUT2D eigenvalue weighted by molar-refractivity contribution is -0.145. The summed E-state index contributed by atoms with van der Waals surface area (Å²) in [6.45, 7) is 4.50. The second-order valence-corrected chi connectivity index (χ2v) is 5.25. The molecule has 1 unspecified atom stereocenters. The Morgan fingerprint density at radius 2 is 2.00 bits per heavy atom. The molecule has 98 valence electrons. The minimum absolute atomic E-state index is 0.307. The Labute approximate surface area is 103 Å². The van der Waals surface area contributed by atoms with E-state index in [2.05, 4.69) is 4.90 Å². The Bertz CT molecular complexity index is 259. The molecule has 0 aromatic carbocycles. The van der Waals surface area contributed by atoms with Crippen LogP contribution in [-0.2, 0) is 9.53 Å². The Kier molecular flexibility index (Phi) is 4.40. The van der Waals surface area contributed by atoms with Crippen LogP contribution < -0.4 is 0 Å². The Morgan fingerprint density at radius 3 is 2.47 bits per heavy atom. The van der Waals surface area contributed by atoms with Crippen LogP contribution >= 0.6 is 0 Å². The molecule has 2 aliphatic rings. The van der Waals surface area contributed by atoms with Crippen molar-refractivity contribution in [1.82, 2.24) is 4.90 Å². The van der Waals surface area contributed by atoms with Crippen LogP contribution in [0.5, 0.6) is 0 Å². The molecule has 0 radical (unpaired) electrons. The first kappa shape index (κ1) is 12.8. The molecular weight excluding hydrogens is 218 g/mol. The van der Waals surface area contributed by atoms with Crippen LogP contribution in [-0.4, -0.2) is 47.8 Å². The third-order valence-corrected chi connectivity index (χ3v) is 3.90. The van der Waals surface area contributed by atoms with Crippen molar-refractivity contribution in [1.29, 1.82) is 0 Å². The van der Waals surface area contributed by atoms with Gasteiger partial charge in [0.05, 0.1) is 0 Å². The van der Waals surface area contributed by atoms with E-state index in [1.165, 1.54) is 12.8 Å². The fourth-order valence-electron chi connectivity index (χ4n) is 2.70. The summed E-state index contributed by atoms with van der Waals surface area (Å²) in [7, 11) is 0. The maximum absolute atomic E-state index is 11.3. The average molecular weight is 241 g/mol. The van der Waals surface area contributed by atoms with Crippen molar-refractivity contribution in [3.8, 4) is 0 Å². The first-order valence-corrected chi connectivity index (χ1v) is 6.78. The molecule has 1 N–H and O–H groups in total. The number of hydrogen-bond donors (Lipinski definition) is 1. The van der Waals surface area contributed by atoms with Gasteiger partial charge in [0, 0.05) is 25.8 Å². The maximum atomic E-state index is 11.3. The second-order valence-electron chi connectivity index (χ2n) is 5.25. The summed E-state index contributed by atoms with van der Waals surface area (Å²) in [4.78, 5) is 13.6. The van der Waals surface area contributed by atoms with E-state index in [1.807, 2.05) is 6.92 Å². The van der Waals surface area contributed by atoms with Gasteiger partial charge in [-0.2, -0.15) is 0 Å². The molecule has 4 heteroatoms. The number of carboxylic acids is 1. The third kappa shape index (κ3) is 3.42. The lowest BCUT2D eigenvalue weighted by Crippen LogP contribution is -2.50. The summed E-state index contributed by atoms with van der Waals surface area (Å²) in [5.74, 6) is 0.0749. The molecule has 1 saturated carbocycles. The van der Waals surface area contributed by atoms with Gasteiger partial charge in [0.2, 0.25) is 0 Å². The number of ether oxygens (including phenoxy) is 1. The number of carbonyl (C=O) groups is 1. The van der Waals surface area contributed by atoms with Gasteiger partial charge in [-0.05, 0) is 38.0 Å². The highest BCUT2D eigenvalue weighted by molar-refractivity contribution is 5.73. The summed E-state index contributed by atoms with van der Waals surface area (Å²) in [6.07, 6.45) is 5.21. The van der Waals surface area contributed by atoms with E-state index in [4.69, 9.17) is 4.74 Å². The van der Waals surface area contributed by atoms with E-state index in [-0.39, 0.29) is 6.04 Å². The summed E-state index contributed by atoms with van der Waals surface area (Å²) >= 11 is 0. The molecule has 1 saturated heterocycles.